The molecular weight excluding hydrogens is 302 g/mol. The number of amides is 1. The van der Waals surface area contributed by atoms with Crippen LogP contribution in [0.4, 0.5) is 5.82 Å². The molecule has 24 heavy (non-hydrogen) atoms. The molecule has 2 aromatic heterocycles. The SMILES string of the molecule is Cc1ccn(-c2ccc(C(=O)Nc3ccc(C4CC4)nn3)cc2)n1. The highest BCUT2D eigenvalue weighted by atomic mass is 16.1. The van der Waals surface area contributed by atoms with Crippen molar-refractivity contribution in [3.8, 4) is 5.69 Å². The summed E-state index contributed by atoms with van der Waals surface area (Å²) in [5.41, 5.74) is 3.43. The summed E-state index contributed by atoms with van der Waals surface area (Å²) >= 11 is 0. The molecule has 1 amide bonds. The lowest BCUT2D eigenvalue weighted by Crippen LogP contribution is -2.13. The van der Waals surface area contributed by atoms with Crippen LogP contribution in [0.1, 0.15) is 40.5 Å². The fraction of sp³-hybridized carbons (Fsp3) is 0.222. The zero-order valence-electron chi connectivity index (χ0n) is 13.3. The third-order valence-corrected chi connectivity index (χ3v) is 4.04. The van der Waals surface area contributed by atoms with Gasteiger partial charge >= 0.3 is 0 Å². The van der Waals surface area contributed by atoms with Gasteiger partial charge in [-0.25, -0.2) is 4.68 Å². The van der Waals surface area contributed by atoms with Crippen LogP contribution in [0.5, 0.6) is 0 Å². The average Bonchev–Trinajstić information content (AvgIpc) is 3.37. The van der Waals surface area contributed by atoms with Gasteiger partial charge in [0.1, 0.15) is 0 Å². The first-order valence-corrected chi connectivity index (χ1v) is 7.97. The van der Waals surface area contributed by atoms with Gasteiger partial charge in [0.05, 0.1) is 17.1 Å². The first-order valence-electron chi connectivity index (χ1n) is 7.97. The molecule has 0 radical (unpaired) electrons. The molecule has 0 bridgehead atoms. The van der Waals surface area contributed by atoms with Crippen molar-refractivity contribution in [1.29, 1.82) is 0 Å². The van der Waals surface area contributed by atoms with E-state index >= 15 is 0 Å². The van der Waals surface area contributed by atoms with Crippen molar-refractivity contribution in [3.05, 3.63) is 65.6 Å². The summed E-state index contributed by atoms with van der Waals surface area (Å²) in [6.45, 7) is 1.94. The maximum atomic E-state index is 12.3. The molecule has 4 rings (SSSR count). The molecule has 1 aliphatic carbocycles. The monoisotopic (exact) mass is 319 g/mol. The number of nitrogens with one attached hydrogen (secondary N) is 1. The average molecular weight is 319 g/mol. The third kappa shape index (κ3) is 3.03. The molecule has 1 N–H and O–H groups in total. The standard InChI is InChI=1S/C18H17N5O/c1-12-10-11-23(22-12)15-6-4-14(5-7-15)18(24)19-17-9-8-16(20-21-17)13-2-3-13/h4-11,13H,2-3H2,1H3,(H,19,21,24). The number of carbonyl (C=O) groups is 1. The van der Waals surface area contributed by atoms with Gasteiger partial charge in [-0.3, -0.25) is 4.79 Å². The topological polar surface area (TPSA) is 72.7 Å². The fourth-order valence-electron chi connectivity index (χ4n) is 2.52. The zero-order chi connectivity index (χ0) is 16.5. The van der Waals surface area contributed by atoms with E-state index in [1.807, 2.05) is 37.4 Å². The smallest absolute Gasteiger partial charge is 0.256 e. The summed E-state index contributed by atoms with van der Waals surface area (Å²) < 4.78 is 1.78. The van der Waals surface area contributed by atoms with Crippen LogP contribution in [-0.4, -0.2) is 25.9 Å². The minimum atomic E-state index is -0.202. The number of aryl methyl sites for hydroxylation is 1. The van der Waals surface area contributed by atoms with Crippen molar-refractivity contribution in [2.24, 2.45) is 0 Å². The second kappa shape index (κ2) is 5.88. The number of aromatic nitrogens is 4. The summed E-state index contributed by atoms with van der Waals surface area (Å²) in [5.74, 6) is 0.823. The largest absolute Gasteiger partial charge is 0.305 e. The molecule has 0 saturated heterocycles. The molecule has 0 atom stereocenters. The van der Waals surface area contributed by atoms with E-state index in [0.29, 0.717) is 17.3 Å². The molecule has 2 heterocycles. The minimum Gasteiger partial charge on any atom is -0.305 e. The van der Waals surface area contributed by atoms with Crippen molar-refractivity contribution < 1.29 is 4.79 Å². The lowest BCUT2D eigenvalue weighted by Gasteiger charge is -2.06. The number of rotatable bonds is 4. The second-order valence-corrected chi connectivity index (χ2v) is 6.02. The van der Waals surface area contributed by atoms with Gasteiger partial charge in [0.15, 0.2) is 5.82 Å². The summed E-state index contributed by atoms with van der Waals surface area (Å²) in [4.78, 5) is 12.3. The molecule has 0 unspecified atom stereocenters. The van der Waals surface area contributed by atoms with E-state index in [4.69, 9.17) is 0 Å². The van der Waals surface area contributed by atoms with Gasteiger partial charge in [-0.2, -0.15) is 10.2 Å². The normalized spacial score (nSPS) is 13.7. The Morgan fingerprint density at radius 2 is 1.88 bits per heavy atom. The maximum Gasteiger partial charge on any atom is 0.256 e. The van der Waals surface area contributed by atoms with Gasteiger partial charge in [-0.1, -0.05) is 0 Å². The quantitative estimate of drug-likeness (QED) is 0.802. The van der Waals surface area contributed by atoms with E-state index in [9.17, 15) is 4.79 Å². The van der Waals surface area contributed by atoms with Crippen LogP contribution in [0.3, 0.4) is 0 Å². The van der Waals surface area contributed by atoms with E-state index < -0.39 is 0 Å². The molecule has 0 spiro atoms. The fourth-order valence-corrected chi connectivity index (χ4v) is 2.52. The Balaban J connectivity index is 1.45. The first-order chi connectivity index (χ1) is 11.7. The van der Waals surface area contributed by atoms with Crippen LogP contribution < -0.4 is 5.32 Å². The zero-order valence-corrected chi connectivity index (χ0v) is 13.3. The van der Waals surface area contributed by atoms with Crippen LogP contribution >= 0.6 is 0 Å². The lowest BCUT2D eigenvalue weighted by molar-refractivity contribution is 0.102. The third-order valence-electron chi connectivity index (χ3n) is 4.04. The number of carbonyl (C=O) groups excluding carboxylic acids is 1. The molecule has 0 aliphatic heterocycles. The van der Waals surface area contributed by atoms with Crippen LogP contribution in [0.15, 0.2) is 48.7 Å². The molecule has 6 nitrogen and oxygen atoms in total. The summed E-state index contributed by atoms with van der Waals surface area (Å²) in [6.07, 6.45) is 4.26. The number of hydrogen-bond donors (Lipinski definition) is 1. The van der Waals surface area contributed by atoms with Gasteiger partial charge in [-0.05, 0) is 62.2 Å². The molecule has 1 fully saturated rings. The Morgan fingerprint density at radius 1 is 1.08 bits per heavy atom. The first kappa shape index (κ1) is 14.6. The lowest BCUT2D eigenvalue weighted by atomic mass is 10.2. The predicted molar refractivity (Wildman–Crippen MR) is 90.3 cm³/mol. The number of benzene rings is 1. The highest BCUT2D eigenvalue weighted by molar-refractivity contribution is 6.03. The molecule has 1 saturated carbocycles. The van der Waals surface area contributed by atoms with Crippen molar-refractivity contribution in [2.75, 3.05) is 5.32 Å². The Kier molecular flexibility index (Phi) is 3.57. The minimum absolute atomic E-state index is 0.202. The maximum absolute atomic E-state index is 12.3. The highest BCUT2D eigenvalue weighted by Gasteiger charge is 2.25. The second-order valence-electron chi connectivity index (χ2n) is 6.02. The van der Waals surface area contributed by atoms with Crippen molar-refractivity contribution in [1.82, 2.24) is 20.0 Å². The van der Waals surface area contributed by atoms with E-state index in [-0.39, 0.29) is 5.91 Å². The molecule has 6 heteroatoms. The number of nitrogens with zero attached hydrogens (tertiary/aromatic N) is 4. The van der Waals surface area contributed by atoms with Gasteiger partial charge < -0.3 is 5.32 Å². The molecule has 1 aromatic carbocycles. The van der Waals surface area contributed by atoms with Crippen molar-refractivity contribution in [3.63, 3.8) is 0 Å². The summed E-state index contributed by atoms with van der Waals surface area (Å²) in [7, 11) is 0. The van der Waals surface area contributed by atoms with Crippen molar-refractivity contribution in [2.45, 2.75) is 25.7 Å². The Bertz CT molecular complexity index is 863. The van der Waals surface area contributed by atoms with E-state index in [1.54, 1.807) is 22.9 Å². The molecule has 1 aliphatic rings. The van der Waals surface area contributed by atoms with Gasteiger partial charge in [0.2, 0.25) is 0 Å². The van der Waals surface area contributed by atoms with Gasteiger partial charge in [0, 0.05) is 17.7 Å². The molecule has 120 valence electrons. The Morgan fingerprint density at radius 3 is 2.46 bits per heavy atom. The van der Waals surface area contributed by atoms with Crippen LogP contribution in [0, 0.1) is 6.92 Å². The summed E-state index contributed by atoms with van der Waals surface area (Å²) in [6, 6.07) is 12.9. The van der Waals surface area contributed by atoms with Crippen LogP contribution in [0.2, 0.25) is 0 Å². The summed E-state index contributed by atoms with van der Waals surface area (Å²) in [5, 5.41) is 15.4. The van der Waals surface area contributed by atoms with Crippen molar-refractivity contribution >= 4 is 11.7 Å². The molecule has 3 aromatic rings. The van der Waals surface area contributed by atoms with E-state index in [2.05, 4.69) is 20.6 Å². The highest BCUT2D eigenvalue weighted by Crippen LogP contribution is 2.38. The molecular formula is C18H17N5O. The van der Waals surface area contributed by atoms with Gasteiger partial charge in [0.25, 0.3) is 5.91 Å². The predicted octanol–water partition coefficient (Wildman–Crippen LogP) is 3.10. The number of anilines is 1. The van der Waals surface area contributed by atoms with E-state index in [1.165, 1.54) is 12.8 Å². The Hall–Kier alpha value is -3.02. The van der Waals surface area contributed by atoms with Crippen LogP contribution in [-0.2, 0) is 0 Å². The van der Waals surface area contributed by atoms with E-state index in [0.717, 1.165) is 17.1 Å². The number of hydrogen-bond acceptors (Lipinski definition) is 4. The Labute approximate surface area is 139 Å². The van der Waals surface area contributed by atoms with Gasteiger partial charge in [-0.15, -0.1) is 5.10 Å². The van der Waals surface area contributed by atoms with Crippen LogP contribution in [0.25, 0.3) is 5.69 Å².